The molecule has 154 valence electrons. The molecule has 0 N–H and O–H groups in total. The first kappa shape index (κ1) is 18.4. The summed E-state index contributed by atoms with van der Waals surface area (Å²) in [4.78, 5) is 29.2. The Morgan fingerprint density at radius 1 is 0.839 bits per heavy atom. The summed E-state index contributed by atoms with van der Waals surface area (Å²) in [7, 11) is 1.60. The van der Waals surface area contributed by atoms with Crippen molar-refractivity contribution in [1.29, 1.82) is 0 Å². The van der Waals surface area contributed by atoms with E-state index in [1.165, 1.54) is 27.2 Å². The molecule has 4 heteroatoms. The molecule has 0 radical (unpaired) electrons. The number of ether oxygens (including phenoxy) is 1. The van der Waals surface area contributed by atoms with Crippen LogP contribution in [0.3, 0.4) is 0 Å². The molecule has 1 heterocycles. The smallest absolute Gasteiger partial charge is 0.238 e. The molecule has 1 fully saturated rings. The third-order valence-electron chi connectivity index (χ3n) is 7.68. The Hall–Kier alpha value is -3.40. The van der Waals surface area contributed by atoms with E-state index in [0.29, 0.717) is 11.4 Å². The number of hydrogen-bond donors (Lipinski definition) is 0. The maximum atomic E-state index is 14.0. The fraction of sp³-hybridized carbons (Fsp3) is 0.259. The van der Waals surface area contributed by atoms with Crippen LogP contribution in [0.5, 0.6) is 5.75 Å². The molecule has 0 aromatic heterocycles. The summed E-state index contributed by atoms with van der Waals surface area (Å²) in [6.45, 7) is 2.14. The zero-order valence-electron chi connectivity index (χ0n) is 17.5. The van der Waals surface area contributed by atoms with Crippen molar-refractivity contribution in [2.75, 3.05) is 12.0 Å². The van der Waals surface area contributed by atoms with Crippen molar-refractivity contribution in [2.24, 2.45) is 11.8 Å². The summed E-state index contributed by atoms with van der Waals surface area (Å²) in [5.41, 5.74) is 4.94. The van der Waals surface area contributed by atoms with Gasteiger partial charge in [0.2, 0.25) is 11.8 Å². The highest BCUT2D eigenvalue weighted by Crippen LogP contribution is 2.65. The Morgan fingerprint density at radius 3 is 1.97 bits per heavy atom. The van der Waals surface area contributed by atoms with E-state index >= 15 is 0 Å². The number of amides is 2. The Balaban J connectivity index is 1.60. The Kier molecular flexibility index (Phi) is 3.73. The molecule has 2 atom stereocenters. The van der Waals surface area contributed by atoms with Crippen molar-refractivity contribution in [3.8, 4) is 5.75 Å². The molecule has 3 aromatic rings. The van der Waals surface area contributed by atoms with Gasteiger partial charge in [-0.05, 0) is 52.9 Å². The van der Waals surface area contributed by atoms with E-state index < -0.39 is 5.41 Å². The van der Waals surface area contributed by atoms with Crippen LogP contribution in [0.4, 0.5) is 5.69 Å². The molecule has 4 nitrogen and oxygen atoms in total. The number of nitrogens with zero attached hydrogens (tertiary/aromatic N) is 1. The number of carbonyl (C=O) groups excluding carboxylic acids is 2. The molecule has 3 aliphatic carbocycles. The van der Waals surface area contributed by atoms with Gasteiger partial charge in [0.05, 0.1) is 24.6 Å². The van der Waals surface area contributed by atoms with Gasteiger partial charge < -0.3 is 4.74 Å². The summed E-state index contributed by atoms with van der Waals surface area (Å²) in [5.74, 6) is -0.333. The van der Waals surface area contributed by atoms with Crippen LogP contribution >= 0.6 is 0 Å². The van der Waals surface area contributed by atoms with Gasteiger partial charge in [0.1, 0.15) is 5.75 Å². The lowest BCUT2D eigenvalue weighted by molar-refractivity contribution is -0.123. The minimum atomic E-state index is -0.486. The van der Waals surface area contributed by atoms with Crippen molar-refractivity contribution in [3.63, 3.8) is 0 Å². The molecule has 1 saturated heterocycles. The molecule has 3 aromatic carbocycles. The van der Waals surface area contributed by atoms with Crippen LogP contribution in [-0.4, -0.2) is 18.9 Å². The summed E-state index contributed by atoms with van der Waals surface area (Å²) in [5, 5.41) is 0. The van der Waals surface area contributed by atoms with E-state index in [0.717, 1.165) is 6.42 Å². The summed E-state index contributed by atoms with van der Waals surface area (Å²) in [6.07, 6.45) is 0.768. The molecule has 1 aliphatic heterocycles. The third-order valence-corrected chi connectivity index (χ3v) is 7.68. The first-order chi connectivity index (χ1) is 15.1. The summed E-state index contributed by atoms with van der Waals surface area (Å²) >= 11 is 0. The average Bonchev–Trinajstić information content (AvgIpc) is 3.10. The summed E-state index contributed by atoms with van der Waals surface area (Å²) < 4.78 is 5.25. The molecule has 2 amide bonds. The molecular weight excluding hydrogens is 386 g/mol. The second kappa shape index (κ2) is 6.30. The molecule has 0 saturated carbocycles. The fourth-order valence-corrected chi connectivity index (χ4v) is 6.52. The van der Waals surface area contributed by atoms with Gasteiger partial charge in [-0.2, -0.15) is 0 Å². The molecule has 4 aliphatic rings. The highest BCUT2D eigenvalue weighted by molar-refractivity contribution is 6.23. The quantitative estimate of drug-likeness (QED) is 0.592. The molecule has 0 unspecified atom stereocenters. The van der Waals surface area contributed by atoms with Crippen molar-refractivity contribution in [3.05, 3.63) is 95.1 Å². The first-order valence-electron chi connectivity index (χ1n) is 10.8. The van der Waals surface area contributed by atoms with Crippen molar-refractivity contribution >= 4 is 17.5 Å². The number of imide groups is 1. The van der Waals surface area contributed by atoms with Crippen LogP contribution in [0, 0.1) is 11.8 Å². The Labute approximate surface area is 181 Å². The topological polar surface area (TPSA) is 46.6 Å². The highest BCUT2D eigenvalue weighted by atomic mass is 16.5. The van der Waals surface area contributed by atoms with Gasteiger partial charge >= 0.3 is 0 Å². The van der Waals surface area contributed by atoms with E-state index in [4.69, 9.17) is 4.74 Å². The van der Waals surface area contributed by atoms with Gasteiger partial charge in [-0.15, -0.1) is 0 Å². The molecule has 7 rings (SSSR count). The lowest BCUT2D eigenvalue weighted by Gasteiger charge is -2.54. The van der Waals surface area contributed by atoms with E-state index in [9.17, 15) is 9.59 Å². The third kappa shape index (κ3) is 2.10. The molecular formula is C27H23NO3. The minimum Gasteiger partial charge on any atom is -0.497 e. The van der Waals surface area contributed by atoms with Gasteiger partial charge in [0, 0.05) is 11.3 Å². The number of methoxy groups -OCH3 is 1. The number of rotatable bonds is 3. The summed E-state index contributed by atoms with van der Waals surface area (Å²) in [6, 6.07) is 24.0. The molecule has 31 heavy (non-hydrogen) atoms. The zero-order chi connectivity index (χ0) is 21.3. The second-order valence-electron chi connectivity index (χ2n) is 8.69. The van der Waals surface area contributed by atoms with E-state index in [1.54, 1.807) is 31.4 Å². The normalized spacial score (nSPS) is 27.7. The average molecular weight is 409 g/mol. The van der Waals surface area contributed by atoms with E-state index in [-0.39, 0.29) is 29.6 Å². The van der Waals surface area contributed by atoms with Crippen molar-refractivity contribution in [2.45, 2.75) is 24.7 Å². The minimum absolute atomic E-state index is 0.0870. The standard InChI is InChI=1S/C27H23NO3/c1-3-27-20-10-6-4-8-18(20)22(19-9-5-7-11-21(19)27)23-24(27)26(30)28(25(23)29)16-12-14-17(31-2)15-13-16/h4-15,22-24H,3H2,1-2H3/t22?,23-,24-,27?/m1/s1. The van der Waals surface area contributed by atoms with Crippen LogP contribution in [-0.2, 0) is 15.0 Å². The monoisotopic (exact) mass is 409 g/mol. The van der Waals surface area contributed by atoms with Gasteiger partial charge in [0.25, 0.3) is 0 Å². The lowest BCUT2D eigenvalue weighted by atomic mass is 9.46. The van der Waals surface area contributed by atoms with Crippen LogP contribution < -0.4 is 9.64 Å². The number of benzene rings is 3. The predicted molar refractivity (Wildman–Crippen MR) is 118 cm³/mol. The van der Waals surface area contributed by atoms with Gasteiger partial charge in [-0.3, -0.25) is 9.59 Å². The van der Waals surface area contributed by atoms with E-state index in [2.05, 4.69) is 43.3 Å². The lowest BCUT2D eigenvalue weighted by Crippen LogP contribution is -2.53. The fourth-order valence-electron chi connectivity index (χ4n) is 6.52. The van der Waals surface area contributed by atoms with E-state index in [1.807, 2.05) is 12.1 Å². The van der Waals surface area contributed by atoms with Crippen molar-refractivity contribution < 1.29 is 14.3 Å². The van der Waals surface area contributed by atoms with Crippen LogP contribution in [0.1, 0.15) is 41.5 Å². The highest BCUT2D eigenvalue weighted by Gasteiger charge is 2.67. The molecule has 2 bridgehead atoms. The number of carbonyl (C=O) groups is 2. The second-order valence-corrected chi connectivity index (χ2v) is 8.69. The maximum absolute atomic E-state index is 14.0. The van der Waals surface area contributed by atoms with Crippen molar-refractivity contribution in [1.82, 2.24) is 0 Å². The number of anilines is 1. The van der Waals surface area contributed by atoms with Crippen LogP contribution in [0.2, 0.25) is 0 Å². The van der Waals surface area contributed by atoms with Crippen LogP contribution in [0.25, 0.3) is 0 Å². The molecule has 0 spiro atoms. The number of hydrogen-bond acceptors (Lipinski definition) is 3. The maximum Gasteiger partial charge on any atom is 0.238 e. The predicted octanol–water partition coefficient (Wildman–Crippen LogP) is 4.66. The largest absolute Gasteiger partial charge is 0.497 e. The van der Waals surface area contributed by atoms with Gasteiger partial charge in [-0.25, -0.2) is 4.90 Å². The van der Waals surface area contributed by atoms with Gasteiger partial charge in [-0.1, -0.05) is 55.5 Å². The first-order valence-corrected chi connectivity index (χ1v) is 10.8. The van der Waals surface area contributed by atoms with Gasteiger partial charge in [0.15, 0.2) is 0 Å². The van der Waals surface area contributed by atoms with Crippen LogP contribution in [0.15, 0.2) is 72.8 Å². The SMILES string of the molecule is CCC12c3ccccc3C(c3ccccc31)[C@H]1C(=O)N(c3ccc(OC)cc3)C(=O)[C@@H]12. The Morgan fingerprint density at radius 2 is 1.42 bits per heavy atom. The zero-order valence-corrected chi connectivity index (χ0v) is 17.5. The Bertz CT molecular complexity index is 1180.